The first-order valence-corrected chi connectivity index (χ1v) is 8.15. The molecule has 0 heterocycles. The van der Waals surface area contributed by atoms with Gasteiger partial charge in [-0.1, -0.05) is 15.9 Å². The Hall–Kier alpha value is -0.580. The Morgan fingerprint density at radius 1 is 1.30 bits per heavy atom. The monoisotopic (exact) mass is 342 g/mol. The van der Waals surface area contributed by atoms with Crippen molar-refractivity contribution in [2.75, 3.05) is 13.2 Å². The SMILES string of the molecule is CCOc1ccc(Br)cc1C(O)CC1CC(OCC)C1. The number of ether oxygens (including phenoxy) is 2. The van der Waals surface area contributed by atoms with Crippen molar-refractivity contribution >= 4 is 15.9 Å². The van der Waals surface area contributed by atoms with Gasteiger partial charge in [0, 0.05) is 16.6 Å². The van der Waals surface area contributed by atoms with E-state index in [1.807, 2.05) is 32.0 Å². The highest BCUT2D eigenvalue weighted by Gasteiger charge is 2.32. The maximum absolute atomic E-state index is 10.5. The highest BCUT2D eigenvalue weighted by molar-refractivity contribution is 9.10. The molecule has 0 saturated heterocycles. The van der Waals surface area contributed by atoms with E-state index < -0.39 is 6.10 Å². The van der Waals surface area contributed by atoms with Crippen LogP contribution in [0.1, 0.15) is 44.8 Å². The Morgan fingerprint density at radius 2 is 2.05 bits per heavy atom. The lowest BCUT2D eigenvalue weighted by atomic mass is 9.78. The zero-order chi connectivity index (χ0) is 14.5. The molecule has 0 radical (unpaired) electrons. The number of halogens is 1. The first kappa shape index (κ1) is 15.8. The van der Waals surface area contributed by atoms with Crippen LogP contribution in [0.5, 0.6) is 5.75 Å². The van der Waals surface area contributed by atoms with E-state index in [9.17, 15) is 5.11 Å². The lowest BCUT2D eigenvalue weighted by Gasteiger charge is -2.36. The highest BCUT2D eigenvalue weighted by Crippen LogP contribution is 2.39. The normalized spacial score (nSPS) is 23.2. The summed E-state index contributed by atoms with van der Waals surface area (Å²) >= 11 is 3.46. The Labute approximate surface area is 129 Å². The zero-order valence-corrected chi connectivity index (χ0v) is 13.7. The van der Waals surface area contributed by atoms with Crippen LogP contribution in [0.25, 0.3) is 0 Å². The summed E-state index contributed by atoms with van der Waals surface area (Å²) in [5.74, 6) is 1.33. The molecule has 0 spiro atoms. The first-order valence-electron chi connectivity index (χ1n) is 7.35. The molecule has 0 aromatic heterocycles. The third-order valence-corrected chi connectivity index (χ3v) is 4.28. The Morgan fingerprint density at radius 3 is 2.70 bits per heavy atom. The number of rotatable bonds is 7. The van der Waals surface area contributed by atoms with Gasteiger partial charge in [-0.2, -0.15) is 0 Å². The van der Waals surface area contributed by atoms with E-state index in [4.69, 9.17) is 9.47 Å². The van der Waals surface area contributed by atoms with Gasteiger partial charge in [0.2, 0.25) is 0 Å². The summed E-state index contributed by atoms with van der Waals surface area (Å²) in [7, 11) is 0. The molecule has 1 unspecified atom stereocenters. The lowest BCUT2D eigenvalue weighted by Crippen LogP contribution is -2.32. The molecule has 1 aliphatic carbocycles. The van der Waals surface area contributed by atoms with Gasteiger partial charge < -0.3 is 14.6 Å². The number of aliphatic hydroxyl groups is 1. The third-order valence-electron chi connectivity index (χ3n) is 3.78. The molecule has 1 atom stereocenters. The van der Waals surface area contributed by atoms with E-state index in [1.54, 1.807) is 0 Å². The van der Waals surface area contributed by atoms with Gasteiger partial charge in [0.25, 0.3) is 0 Å². The molecule has 4 heteroatoms. The smallest absolute Gasteiger partial charge is 0.125 e. The molecule has 2 rings (SSSR count). The van der Waals surface area contributed by atoms with Gasteiger partial charge >= 0.3 is 0 Å². The van der Waals surface area contributed by atoms with Crippen LogP contribution in [0.4, 0.5) is 0 Å². The number of hydrogen-bond donors (Lipinski definition) is 1. The predicted octanol–water partition coefficient (Wildman–Crippen LogP) is 4.09. The highest BCUT2D eigenvalue weighted by atomic mass is 79.9. The second-order valence-electron chi connectivity index (χ2n) is 5.28. The van der Waals surface area contributed by atoms with Gasteiger partial charge in [-0.25, -0.2) is 0 Å². The van der Waals surface area contributed by atoms with Crippen molar-refractivity contribution in [2.45, 2.75) is 45.3 Å². The van der Waals surface area contributed by atoms with E-state index in [0.717, 1.165) is 41.7 Å². The minimum absolute atomic E-state index is 0.395. The standard InChI is InChI=1S/C16H23BrO3/c1-3-19-13-7-11(8-13)9-15(18)14-10-12(17)5-6-16(14)20-4-2/h5-6,10-11,13,15,18H,3-4,7-9H2,1-2H3. The molecular weight excluding hydrogens is 320 g/mol. The van der Waals surface area contributed by atoms with E-state index in [2.05, 4.69) is 15.9 Å². The quantitative estimate of drug-likeness (QED) is 0.811. The Balaban J connectivity index is 1.95. The minimum Gasteiger partial charge on any atom is -0.493 e. The first-order chi connectivity index (χ1) is 9.63. The summed E-state index contributed by atoms with van der Waals surface area (Å²) in [6.45, 7) is 5.37. The summed E-state index contributed by atoms with van der Waals surface area (Å²) in [4.78, 5) is 0. The fourth-order valence-electron chi connectivity index (χ4n) is 2.75. The average molecular weight is 343 g/mol. The molecule has 20 heavy (non-hydrogen) atoms. The molecule has 3 nitrogen and oxygen atoms in total. The van der Waals surface area contributed by atoms with Gasteiger partial charge in [-0.3, -0.25) is 0 Å². The molecule has 1 aromatic rings. The van der Waals surface area contributed by atoms with Crippen LogP contribution in [0.3, 0.4) is 0 Å². The van der Waals surface area contributed by atoms with Crippen LogP contribution in [0, 0.1) is 5.92 Å². The Bertz CT molecular complexity index is 430. The van der Waals surface area contributed by atoms with Gasteiger partial charge in [-0.15, -0.1) is 0 Å². The number of aliphatic hydroxyl groups excluding tert-OH is 1. The van der Waals surface area contributed by atoms with E-state index >= 15 is 0 Å². The summed E-state index contributed by atoms with van der Waals surface area (Å²) in [6, 6.07) is 5.81. The fourth-order valence-corrected chi connectivity index (χ4v) is 3.13. The van der Waals surface area contributed by atoms with Crippen LogP contribution < -0.4 is 4.74 Å². The molecule has 112 valence electrons. The van der Waals surface area contributed by atoms with Crippen molar-refractivity contribution in [3.63, 3.8) is 0 Å². The van der Waals surface area contributed by atoms with E-state index in [0.29, 0.717) is 18.6 Å². The average Bonchev–Trinajstić information content (AvgIpc) is 2.38. The molecule has 1 fully saturated rings. The van der Waals surface area contributed by atoms with Crippen LogP contribution in [0.15, 0.2) is 22.7 Å². The second-order valence-corrected chi connectivity index (χ2v) is 6.20. The summed E-state index contributed by atoms with van der Waals surface area (Å²) in [5.41, 5.74) is 0.876. The van der Waals surface area contributed by atoms with Crippen LogP contribution in [-0.4, -0.2) is 24.4 Å². The Kier molecular flexibility index (Phi) is 5.87. The van der Waals surface area contributed by atoms with Gasteiger partial charge in [0.05, 0.1) is 18.8 Å². The predicted molar refractivity (Wildman–Crippen MR) is 83.0 cm³/mol. The molecule has 1 aliphatic rings. The molecule has 1 aromatic carbocycles. The van der Waals surface area contributed by atoms with Gasteiger partial charge in [0.1, 0.15) is 5.75 Å². The maximum Gasteiger partial charge on any atom is 0.125 e. The van der Waals surface area contributed by atoms with Crippen LogP contribution >= 0.6 is 15.9 Å². The molecule has 0 bridgehead atoms. The van der Waals surface area contributed by atoms with Crippen molar-refractivity contribution < 1.29 is 14.6 Å². The summed E-state index contributed by atoms with van der Waals surface area (Å²) in [5, 5.41) is 10.5. The topological polar surface area (TPSA) is 38.7 Å². The molecule has 0 amide bonds. The molecular formula is C16H23BrO3. The van der Waals surface area contributed by atoms with Crippen LogP contribution in [-0.2, 0) is 4.74 Å². The lowest BCUT2D eigenvalue weighted by molar-refractivity contribution is -0.0381. The van der Waals surface area contributed by atoms with Gasteiger partial charge in [0.15, 0.2) is 0 Å². The van der Waals surface area contributed by atoms with E-state index in [1.165, 1.54) is 0 Å². The zero-order valence-electron chi connectivity index (χ0n) is 12.1. The molecule has 0 aliphatic heterocycles. The molecule has 1 saturated carbocycles. The second kappa shape index (κ2) is 7.43. The van der Waals surface area contributed by atoms with Crippen molar-refractivity contribution in [3.8, 4) is 5.75 Å². The summed E-state index contributed by atoms with van der Waals surface area (Å²) in [6.07, 6.45) is 2.82. The third kappa shape index (κ3) is 3.96. The fraction of sp³-hybridized carbons (Fsp3) is 0.625. The van der Waals surface area contributed by atoms with Crippen molar-refractivity contribution in [2.24, 2.45) is 5.92 Å². The number of benzene rings is 1. The van der Waals surface area contributed by atoms with Crippen LogP contribution in [0.2, 0.25) is 0 Å². The maximum atomic E-state index is 10.5. The number of hydrogen-bond acceptors (Lipinski definition) is 3. The van der Waals surface area contributed by atoms with Crippen molar-refractivity contribution in [1.82, 2.24) is 0 Å². The van der Waals surface area contributed by atoms with Crippen molar-refractivity contribution in [1.29, 1.82) is 0 Å². The largest absolute Gasteiger partial charge is 0.493 e. The van der Waals surface area contributed by atoms with Crippen molar-refractivity contribution in [3.05, 3.63) is 28.2 Å². The minimum atomic E-state index is -0.471. The summed E-state index contributed by atoms with van der Waals surface area (Å²) < 4.78 is 12.1. The van der Waals surface area contributed by atoms with Gasteiger partial charge in [-0.05, 0) is 57.2 Å². The molecule has 1 N–H and O–H groups in total. The van der Waals surface area contributed by atoms with E-state index in [-0.39, 0.29) is 0 Å².